The molecule has 1 aliphatic heterocycles. The molecule has 0 saturated carbocycles. The maximum Gasteiger partial charge on any atom is 0.146 e. The molecule has 3 aromatic rings. The number of benzene rings is 2. The number of ether oxygens (including phenoxy) is 1. The topological polar surface area (TPSA) is 88.2 Å². The average Bonchev–Trinajstić information content (AvgIpc) is 3.15. The third-order valence-corrected chi connectivity index (χ3v) is 5.20. The van der Waals surface area contributed by atoms with Gasteiger partial charge in [0.2, 0.25) is 0 Å². The lowest BCUT2D eigenvalue weighted by atomic mass is 10.2. The lowest BCUT2D eigenvalue weighted by Crippen LogP contribution is -2.20. The van der Waals surface area contributed by atoms with E-state index >= 15 is 0 Å². The highest BCUT2D eigenvalue weighted by Gasteiger charge is 2.19. The first-order valence-corrected chi connectivity index (χ1v) is 11.4. The second kappa shape index (κ2) is 8.04. The zero-order chi connectivity index (χ0) is 21.3. The minimum absolute atomic E-state index is 0.0774. The van der Waals surface area contributed by atoms with E-state index in [1.54, 1.807) is 6.07 Å². The van der Waals surface area contributed by atoms with Gasteiger partial charge in [-0.3, -0.25) is 0 Å². The molecule has 0 aliphatic carbocycles. The standard InChI is InChI=1S/C20H21F2N5O2S/c1-30(2,28)27-13-8-15(22)19-17(9-13)24-11-25-20(19)26-16-4-3-12(21)7-18(16)29-14-5-6-23-10-14/h3-4,7-9,11,14,23H,1,5-6,10H2,2H3,(H,27,28)(H,24,25,26). The van der Waals surface area contributed by atoms with Crippen molar-refractivity contribution in [2.75, 3.05) is 29.4 Å². The molecule has 2 atom stereocenters. The fourth-order valence-corrected chi connectivity index (χ4v) is 3.89. The molecule has 2 aromatic carbocycles. The fourth-order valence-electron chi connectivity index (χ4n) is 3.28. The van der Waals surface area contributed by atoms with Gasteiger partial charge in [0.05, 0.1) is 22.3 Å². The van der Waals surface area contributed by atoms with Gasteiger partial charge in [0.25, 0.3) is 0 Å². The lowest BCUT2D eigenvalue weighted by molar-refractivity contribution is 0.223. The Labute approximate surface area is 173 Å². The quantitative estimate of drug-likeness (QED) is 0.518. The summed E-state index contributed by atoms with van der Waals surface area (Å²) in [6.45, 7) is 1.50. The van der Waals surface area contributed by atoms with E-state index in [1.807, 2.05) is 0 Å². The van der Waals surface area contributed by atoms with Crippen molar-refractivity contribution in [2.24, 2.45) is 0 Å². The van der Waals surface area contributed by atoms with Crippen LogP contribution in [0.4, 0.5) is 26.0 Å². The summed E-state index contributed by atoms with van der Waals surface area (Å²) in [6.07, 6.45) is 3.43. The van der Waals surface area contributed by atoms with Crippen LogP contribution in [-0.4, -0.2) is 45.5 Å². The van der Waals surface area contributed by atoms with Crippen LogP contribution in [-0.2, 0) is 9.71 Å². The van der Waals surface area contributed by atoms with Crippen molar-refractivity contribution in [3.8, 4) is 5.75 Å². The minimum atomic E-state index is -2.58. The van der Waals surface area contributed by atoms with Crippen LogP contribution in [0.15, 0.2) is 36.7 Å². The van der Waals surface area contributed by atoms with Gasteiger partial charge in [-0.05, 0) is 43.1 Å². The number of aromatic nitrogens is 2. The first-order valence-electron chi connectivity index (χ1n) is 9.27. The molecule has 1 fully saturated rings. The maximum atomic E-state index is 14.9. The van der Waals surface area contributed by atoms with Crippen LogP contribution >= 0.6 is 0 Å². The largest absolute Gasteiger partial charge is 0.487 e. The zero-order valence-corrected chi connectivity index (χ0v) is 17.1. The SMILES string of the molecule is C=S(C)(=O)Nc1cc(F)c2c(Nc3ccc(F)cc3OC3CCNC3)ncnc2c1. The van der Waals surface area contributed by atoms with E-state index in [0.29, 0.717) is 29.2 Å². The van der Waals surface area contributed by atoms with Crippen molar-refractivity contribution in [3.63, 3.8) is 0 Å². The summed E-state index contributed by atoms with van der Waals surface area (Å²) in [5, 5.41) is 6.37. The molecule has 10 heteroatoms. The Balaban J connectivity index is 1.70. The molecule has 1 saturated heterocycles. The van der Waals surface area contributed by atoms with Gasteiger partial charge in [0.1, 0.15) is 35.6 Å². The Kier molecular flexibility index (Phi) is 5.44. The Morgan fingerprint density at radius 1 is 1.27 bits per heavy atom. The summed E-state index contributed by atoms with van der Waals surface area (Å²) in [7, 11) is -2.58. The third-order valence-electron chi connectivity index (χ3n) is 4.53. The number of nitrogens with zero attached hydrogens (tertiary/aromatic N) is 2. The van der Waals surface area contributed by atoms with Gasteiger partial charge < -0.3 is 20.1 Å². The van der Waals surface area contributed by atoms with E-state index < -0.39 is 21.3 Å². The highest BCUT2D eigenvalue weighted by Crippen LogP contribution is 2.33. The summed E-state index contributed by atoms with van der Waals surface area (Å²) in [6, 6.07) is 6.86. The van der Waals surface area contributed by atoms with Crippen LogP contribution in [0.2, 0.25) is 0 Å². The molecule has 30 heavy (non-hydrogen) atoms. The van der Waals surface area contributed by atoms with Crippen LogP contribution in [0.3, 0.4) is 0 Å². The van der Waals surface area contributed by atoms with E-state index in [0.717, 1.165) is 13.0 Å². The number of halogens is 2. The van der Waals surface area contributed by atoms with Crippen molar-refractivity contribution in [1.82, 2.24) is 15.3 Å². The van der Waals surface area contributed by atoms with Crippen LogP contribution < -0.4 is 20.1 Å². The van der Waals surface area contributed by atoms with Gasteiger partial charge in [0, 0.05) is 28.6 Å². The summed E-state index contributed by atoms with van der Waals surface area (Å²) in [5.41, 5.74) is 1.06. The van der Waals surface area contributed by atoms with E-state index in [1.165, 1.54) is 36.8 Å². The summed E-state index contributed by atoms with van der Waals surface area (Å²) >= 11 is 0. The van der Waals surface area contributed by atoms with Crippen molar-refractivity contribution in [1.29, 1.82) is 0 Å². The first kappa shape index (κ1) is 20.3. The first-order chi connectivity index (χ1) is 14.3. The predicted octanol–water partition coefficient (Wildman–Crippen LogP) is 3.07. The van der Waals surface area contributed by atoms with Crippen LogP contribution in [0.25, 0.3) is 10.9 Å². The van der Waals surface area contributed by atoms with Crippen molar-refractivity contribution >= 4 is 43.7 Å². The summed E-state index contributed by atoms with van der Waals surface area (Å²) < 4.78 is 49.2. The highest BCUT2D eigenvalue weighted by atomic mass is 32.2. The summed E-state index contributed by atoms with van der Waals surface area (Å²) in [4.78, 5) is 8.26. The molecule has 0 spiro atoms. The molecule has 2 heterocycles. The molecule has 158 valence electrons. The molecule has 0 radical (unpaired) electrons. The Hall–Kier alpha value is -2.98. The van der Waals surface area contributed by atoms with Crippen LogP contribution in [0.5, 0.6) is 5.75 Å². The van der Waals surface area contributed by atoms with Gasteiger partial charge in [-0.1, -0.05) is 0 Å². The van der Waals surface area contributed by atoms with Gasteiger partial charge in [-0.25, -0.2) is 23.0 Å². The van der Waals surface area contributed by atoms with Gasteiger partial charge in [-0.15, -0.1) is 0 Å². The molecule has 3 N–H and O–H groups in total. The smallest absolute Gasteiger partial charge is 0.146 e. The van der Waals surface area contributed by atoms with Crippen molar-refractivity contribution in [3.05, 3.63) is 48.3 Å². The van der Waals surface area contributed by atoms with E-state index in [-0.39, 0.29) is 17.3 Å². The third kappa shape index (κ3) is 4.60. The number of hydrogen-bond donors (Lipinski definition) is 3. The Morgan fingerprint density at radius 2 is 2.10 bits per heavy atom. The van der Waals surface area contributed by atoms with Gasteiger partial charge in [-0.2, -0.15) is 0 Å². The Bertz CT molecular complexity index is 1200. The second-order valence-corrected chi connectivity index (χ2v) is 9.39. The molecule has 7 nitrogen and oxygen atoms in total. The monoisotopic (exact) mass is 433 g/mol. The number of nitrogens with one attached hydrogen (secondary N) is 3. The lowest BCUT2D eigenvalue weighted by Gasteiger charge is -2.18. The zero-order valence-electron chi connectivity index (χ0n) is 16.2. The number of hydrogen-bond acceptors (Lipinski definition) is 6. The van der Waals surface area contributed by atoms with E-state index in [4.69, 9.17) is 4.74 Å². The fraction of sp³-hybridized carbons (Fsp3) is 0.250. The highest BCUT2D eigenvalue weighted by molar-refractivity contribution is 8.00. The molecule has 1 aliphatic rings. The molecule has 2 unspecified atom stereocenters. The Morgan fingerprint density at radius 3 is 2.83 bits per heavy atom. The predicted molar refractivity (Wildman–Crippen MR) is 116 cm³/mol. The van der Waals surface area contributed by atoms with Gasteiger partial charge >= 0.3 is 0 Å². The molecule has 0 bridgehead atoms. The molecule has 0 amide bonds. The normalized spacial score (nSPS) is 18.2. The van der Waals surface area contributed by atoms with E-state index in [2.05, 4.69) is 31.2 Å². The van der Waals surface area contributed by atoms with Crippen LogP contribution in [0.1, 0.15) is 6.42 Å². The number of fused-ring (bicyclic) bond motifs is 1. The van der Waals surface area contributed by atoms with E-state index in [9.17, 15) is 13.0 Å². The average molecular weight is 433 g/mol. The van der Waals surface area contributed by atoms with Crippen LogP contribution in [0, 0.1) is 11.6 Å². The maximum absolute atomic E-state index is 14.9. The molecular weight excluding hydrogens is 412 g/mol. The van der Waals surface area contributed by atoms with Crippen molar-refractivity contribution < 1.29 is 17.7 Å². The molecule has 1 aromatic heterocycles. The van der Waals surface area contributed by atoms with Crippen molar-refractivity contribution in [2.45, 2.75) is 12.5 Å². The summed E-state index contributed by atoms with van der Waals surface area (Å²) in [5.74, 6) is 2.99. The molecule has 4 rings (SSSR count). The minimum Gasteiger partial charge on any atom is -0.487 e. The van der Waals surface area contributed by atoms with Gasteiger partial charge in [0.15, 0.2) is 0 Å². The molecular formula is C20H21F2N5O2S. The second-order valence-electron chi connectivity index (χ2n) is 7.18. The number of rotatable bonds is 6. The number of anilines is 3.